The first-order valence-corrected chi connectivity index (χ1v) is 13.6. The molecule has 0 saturated heterocycles. The summed E-state index contributed by atoms with van der Waals surface area (Å²) < 4.78 is 46.1. The molecule has 0 unspecified atom stereocenters. The predicted molar refractivity (Wildman–Crippen MR) is 142 cm³/mol. The van der Waals surface area contributed by atoms with Crippen LogP contribution in [0.25, 0.3) is 6.08 Å². The first kappa shape index (κ1) is 26.2. The van der Waals surface area contributed by atoms with E-state index in [0.717, 1.165) is 34.3 Å². The van der Waals surface area contributed by atoms with Crippen LogP contribution in [0.4, 0.5) is 0 Å². The van der Waals surface area contributed by atoms with E-state index in [1.54, 1.807) is 12.1 Å². The van der Waals surface area contributed by atoms with Crippen molar-refractivity contribution in [3.63, 3.8) is 0 Å². The second kappa shape index (κ2) is 10.6. The monoisotopic (exact) mass is 544 g/mol. The lowest BCUT2D eigenvalue weighted by Gasteiger charge is -2.20. The number of thioether (sulfide) groups is 1. The highest BCUT2D eigenvalue weighted by atomic mass is 32.3. The fourth-order valence-corrected chi connectivity index (χ4v) is 5.12. The number of carbonyl (C=O) groups is 1. The van der Waals surface area contributed by atoms with Crippen LogP contribution in [0.15, 0.2) is 52.1 Å². The van der Waals surface area contributed by atoms with Gasteiger partial charge < -0.3 is 18.9 Å². The zero-order valence-corrected chi connectivity index (χ0v) is 22.1. The molecule has 0 radical (unpaired) electrons. The van der Waals surface area contributed by atoms with Gasteiger partial charge in [-0.05, 0) is 54.1 Å². The van der Waals surface area contributed by atoms with Crippen LogP contribution in [0.3, 0.4) is 0 Å². The molecule has 4 rings (SSSR count). The molecule has 1 N–H and O–H groups in total. The summed E-state index contributed by atoms with van der Waals surface area (Å²) in [5, 5.41) is 13.4. The van der Waals surface area contributed by atoms with Crippen molar-refractivity contribution in [1.82, 2.24) is 5.01 Å². The van der Waals surface area contributed by atoms with Crippen molar-refractivity contribution in [3.8, 4) is 23.0 Å². The van der Waals surface area contributed by atoms with Gasteiger partial charge in [0, 0.05) is 6.26 Å². The Bertz CT molecular complexity index is 1440. The molecule has 13 heteroatoms. The number of amides is 1. The molecule has 0 aliphatic carbocycles. The molecule has 0 saturated carbocycles. The second-order valence-corrected chi connectivity index (χ2v) is 11.0. The molecule has 2 aliphatic heterocycles. The molecule has 0 bridgehead atoms. The summed E-state index contributed by atoms with van der Waals surface area (Å²) in [5.74, 6) is 0.810. The van der Waals surface area contributed by atoms with Crippen LogP contribution in [-0.4, -0.2) is 68.4 Å². The lowest BCUT2D eigenvalue weighted by molar-refractivity contribution is -0.114. The van der Waals surface area contributed by atoms with Crippen molar-refractivity contribution in [1.29, 1.82) is 5.41 Å². The van der Waals surface area contributed by atoms with Gasteiger partial charge in [0.1, 0.15) is 19.0 Å². The van der Waals surface area contributed by atoms with E-state index >= 15 is 0 Å². The number of amidine groups is 2. The van der Waals surface area contributed by atoms with E-state index in [4.69, 9.17) is 24.4 Å². The fraction of sp³-hybridized carbons (Fsp3) is 0.250. The minimum Gasteiger partial charge on any atom is -0.493 e. The SMILES string of the molecule is COc1cc(/C=C2\C(=N)N3N=C(S(C)(=O)=O)SC3=NC2=O)cc(OC)c1OCCOc1ccccc1C. The van der Waals surface area contributed by atoms with Crippen LogP contribution < -0.4 is 18.9 Å². The van der Waals surface area contributed by atoms with Crippen LogP contribution in [0.2, 0.25) is 0 Å². The molecule has 0 spiro atoms. The number of benzene rings is 2. The molecule has 2 heterocycles. The molecule has 1 amide bonds. The summed E-state index contributed by atoms with van der Waals surface area (Å²) >= 11 is 0.722. The van der Waals surface area contributed by atoms with Crippen LogP contribution in [0.5, 0.6) is 23.0 Å². The molecule has 2 aliphatic rings. The number of fused-ring (bicyclic) bond motifs is 1. The maximum absolute atomic E-state index is 12.7. The molecular formula is C24H24N4O7S2. The molecule has 37 heavy (non-hydrogen) atoms. The highest BCUT2D eigenvalue weighted by molar-refractivity contribution is 8.42. The van der Waals surface area contributed by atoms with Crippen molar-refractivity contribution >= 4 is 49.0 Å². The van der Waals surface area contributed by atoms with E-state index in [1.807, 2.05) is 31.2 Å². The Balaban J connectivity index is 1.56. The van der Waals surface area contributed by atoms with Crippen molar-refractivity contribution < 1.29 is 32.2 Å². The molecule has 11 nitrogen and oxygen atoms in total. The van der Waals surface area contributed by atoms with Crippen LogP contribution in [0.1, 0.15) is 11.1 Å². The van der Waals surface area contributed by atoms with Gasteiger partial charge >= 0.3 is 0 Å². The summed E-state index contributed by atoms with van der Waals surface area (Å²) in [4.78, 5) is 16.6. The number of sulfone groups is 1. The predicted octanol–water partition coefficient (Wildman–Crippen LogP) is 3.09. The van der Waals surface area contributed by atoms with Gasteiger partial charge in [-0.15, -0.1) is 5.10 Å². The van der Waals surface area contributed by atoms with Crippen LogP contribution in [0, 0.1) is 12.3 Å². The van der Waals surface area contributed by atoms with Crippen LogP contribution >= 0.6 is 11.8 Å². The summed E-state index contributed by atoms with van der Waals surface area (Å²) in [7, 11) is -0.686. The number of hydrazone groups is 1. The highest BCUT2D eigenvalue weighted by Gasteiger charge is 2.38. The Hall–Kier alpha value is -3.84. The van der Waals surface area contributed by atoms with Crippen molar-refractivity contribution in [3.05, 3.63) is 53.1 Å². The van der Waals surface area contributed by atoms with E-state index in [0.29, 0.717) is 29.4 Å². The topological polar surface area (TPSA) is 140 Å². The quantitative estimate of drug-likeness (QED) is 0.392. The standard InChI is InChI=1S/C24H24N4O7S2/c1-14-7-5-6-8-17(14)34-9-10-35-20-18(32-2)12-15(13-19(20)33-3)11-16-21(25)28-23(26-22(16)29)36-24(27-28)37(4,30)31/h5-8,11-13,25H,9-10H2,1-4H3/b16-11+,25-21?. The van der Waals surface area contributed by atoms with E-state index < -0.39 is 15.7 Å². The number of methoxy groups -OCH3 is 2. The van der Waals surface area contributed by atoms with E-state index in [2.05, 4.69) is 10.1 Å². The third-order valence-corrected chi connectivity index (χ3v) is 7.81. The number of carbonyl (C=O) groups excluding carboxylic acids is 1. The Labute approximate surface area is 218 Å². The Morgan fingerprint density at radius 3 is 2.32 bits per heavy atom. The number of aliphatic imine (C=N–C) groups is 1. The lowest BCUT2D eigenvalue weighted by Crippen LogP contribution is -2.35. The molecule has 2 aromatic rings. The zero-order valence-electron chi connectivity index (χ0n) is 20.5. The average Bonchev–Trinajstić information content (AvgIpc) is 3.30. The minimum absolute atomic E-state index is 0.0133. The average molecular weight is 545 g/mol. The van der Waals surface area contributed by atoms with Gasteiger partial charge in [0.25, 0.3) is 5.91 Å². The van der Waals surface area contributed by atoms with Crippen LogP contribution in [-0.2, 0) is 14.6 Å². The van der Waals surface area contributed by atoms with Crippen molar-refractivity contribution in [2.24, 2.45) is 10.1 Å². The molecule has 2 aromatic carbocycles. The molecular weight excluding hydrogens is 520 g/mol. The zero-order chi connectivity index (χ0) is 26.7. The maximum Gasteiger partial charge on any atom is 0.283 e. The lowest BCUT2D eigenvalue weighted by atomic mass is 10.1. The van der Waals surface area contributed by atoms with Crippen molar-refractivity contribution in [2.45, 2.75) is 6.92 Å². The van der Waals surface area contributed by atoms with E-state index in [-0.39, 0.29) is 27.6 Å². The number of aryl methyl sites for hydroxylation is 1. The number of rotatable bonds is 8. The minimum atomic E-state index is -3.62. The summed E-state index contributed by atoms with van der Waals surface area (Å²) in [6, 6.07) is 10.9. The van der Waals surface area contributed by atoms with Gasteiger partial charge in [0.15, 0.2) is 17.3 Å². The Morgan fingerprint density at radius 1 is 1.05 bits per heavy atom. The number of nitrogens with zero attached hydrogens (tertiary/aromatic N) is 3. The largest absolute Gasteiger partial charge is 0.493 e. The maximum atomic E-state index is 12.7. The number of para-hydroxylation sites is 1. The van der Waals surface area contributed by atoms with Gasteiger partial charge in [0.2, 0.25) is 25.1 Å². The number of hydrogen-bond donors (Lipinski definition) is 1. The van der Waals surface area contributed by atoms with Crippen molar-refractivity contribution in [2.75, 3.05) is 33.7 Å². The third kappa shape index (κ3) is 5.62. The smallest absolute Gasteiger partial charge is 0.283 e. The summed E-state index contributed by atoms with van der Waals surface area (Å²) in [6.07, 6.45) is 2.43. The normalized spacial score (nSPS) is 16.3. The molecule has 194 valence electrons. The fourth-order valence-electron chi connectivity index (χ4n) is 3.43. The summed E-state index contributed by atoms with van der Waals surface area (Å²) in [5.41, 5.74) is 1.41. The summed E-state index contributed by atoms with van der Waals surface area (Å²) in [6.45, 7) is 2.46. The van der Waals surface area contributed by atoms with Gasteiger partial charge in [-0.2, -0.15) is 10.0 Å². The first-order chi connectivity index (χ1) is 17.6. The third-order valence-electron chi connectivity index (χ3n) is 5.23. The second-order valence-electron chi connectivity index (χ2n) is 7.88. The van der Waals surface area contributed by atoms with Gasteiger partial charge in [-0.25, -0.2) is 8.42 Å². The number of hydrogen-bond acceptors (Lipinski definition) is 10. The van der Waals surface area contributed by atoms with Gasteiger partial charge in [-0.3, -0.25) is 10.2 Å². The van der Waals surface area contributed by atoms with E-state index in [1.165, 1.54) is 20.3 Å². The first-order valence-electron chi connectivity index (χ1n) is 10.9. The molecule has 0 aromatic heterocycles. The van der Waals surface area contributed by atoms with Gasteiger partial charge in [-0.1, -0.05) is 18.2 Å². The number of nitrogens with one attached hydrogen (secondary N) is 1. The molecule has 0 atom stereocenters. The van der Waals surface area contributed by atoms with Gasteiger partial charge in [0.05, 0.1) is 19.8 Å². The molecule has 0 fully saturated rings. The van der Waals surface area contributed by atoms with E-state index in [9.17, 15) is 13.2 Å². The Kier molecular flexibility index (Phi) is 7.55. The number of ether oxygens (including phenoxy) is 4. The Morgan fingerprint density at radius 2 is 1.70 bits per heavy atom. The highest BCUT2D eigenvalue weighted by Crippen LogP contribution is 2.39.